The maximum Gasteiger partial charge on any atom is 0.433 e. The topological polar surface area (TPSA) is 118 Å². The molecule has 0 spiro atoms. The molecule has 1 amide bonds. The smallest absolute Gasteiger partial charge is 0.433 e. The number of aromatic nitrogens is 1. The van der Waals surface area contributed by atoms with E-state index in [2.05, 4.69) is 10.3 Å². The molecule has 1 aliphatic heterocycles. The van der Waals surface area contributed by atoms with Gasteiger partial charge in [0.25, 0.3) is 0 Å². The van der Waals surface area contributed by atoms with Gasteiger partial charge in [0.05, 0.1) is 17.9 Å². The summed E-state index contributed by atoms with van der Waals surface area (Å²) in [5, 5.41) is 2.65. The van der Waals surface area contributed by atoms with Crippen LogP contribution in [0.4, 0.5) is 29.1 Å². The SMILES string of the molecule is CC(=O)OC1CCN(c2nc(C(F)(F)F)ccc2CNC(=O)C(C)c2ccc(NS(C)(=O)=O)c(F)c2)CC1. The normalized spacial score (nSPS) is 15.6. The van der Waals surface area contributed by atoms with E-state index in [0.29, 0.717) is 31.5 Å². The summed E-state index contributed by atoms with van der Waals surface area (Å²) in [5.41, 5.74) is -0.709. The Morgan fingerprint density at radius 1 is 1.18 bits per heavy atom. The molecule has 1 unspecified atom stereocenters. The van der Waals surface area contributed by atoms with Gasteiger partial charge in [0.2, 0.25) is 15.9 Å². The summed E-state index contributed by atoms with van der Waals surface area (Å²) in [7, 11) is -3.69. The first kappa shape index (κ1) is 29.1. The molecule has 14 heteroatoms. The molecule has 2 heterocycles. The zero-order valence-electron chi connectivity index (χ0n) is 20.9. The van der Waals surface area contributed by atoms with Crippen molar-refractivity contribution >= 4 is 33.4 Å². The molecule has 2 N–H and O–H groups in total. The van der Waals surface area contributed by atoms with Gasteiger partial charge in [-0.2, -0.15) is 13.2 Å². The van der Waals surface area contributed by atoms with Gasteiger partial charge in [0, 0.05) is 45.0 Å². The minimum atomic E-state index is -4.66. The van der Waals surface area contributed by atoms with Gasteiger partial charge in [-0.3, -0.25) is 14.3 Å². The van der Waals surface area contributed by atoms with E-state index in [1.165, 1.54) is 32.0 Å². The lowest BCUT2D eigenvalue weighted by Gasteiger charge is -2.33. The highest BCUT2D eigenvalue weighted by molar-refractivity contribution is 7.92. The van der Waals surface area contributed by atoms with E-state index in [9.17, 15) is 35.6 Å². The van der Waals surface area contributed by atoms with E-state index in [4.69, 9.17) is 4.74 Å². The van der Waals surface area contributed by atoms with Crippen LogP contribution in [0.5, 0.6) is 0 Å². The Balaban J connectivity index is 1.74. The Hall–Kier alpha value is -3.42. The summed E-state index contributed by atoms with van der Waals surface area (Å²) in [4.78, 5) is 29.5. The largest absolute Gasteiger partial charge is 0.462 e. The van der Waals surface area contributed by atoms with E-state index in [0.717, 1.165) is 18.4 Å². The third-order valence-electron chi connectivity index (χ3n) is 5.96. The first-order chi connectivity index (χ1) is 17.6. The van der Waals surface area contributed by atoms with Crippen LogP contribution < -0.4 is 14.9 Å². The number of amides is 1. The predicted octanol–water partition coefficient (Wildman–Crippen LogP) is 3.56. The lowest BCUT2D eigenvalue weighted by Crippen LogP contribution is -2.39. The van der Waals surface area contributed by atoms with Crippen molar-refractivity contribution in [1.29, 1.82) is 0 Å². The number of halogens is 4. The quantitative estimate of drug-likeness (QED) is 0.375. The fraction of sp³-hybridized carbons (Fsp3) is 0.458. The van der Waals surface area contributed by atoms with Crippen LogP contribution in [0, 0.1) is 5.82 Å². The maximum absolute atomic E-state index is 14.4. The number of hydrogen-bond donors (Lipinski definition) is 2. The van der Waals surface area contributed by atoms with Gasteiger partial charge in [-0.15, -0.1) is 0 Å². The summed E-state index contributed by atoms with van der Waals surface area (Å²) >= 11 is 0. The Morgan fingerprint density at radius 2 is 1.84 bits per heavy atom. The van der Waals surface area contributed by atoms with Crippen LogP contribution in [0.3, 0.4) is 0 Å². The average Bonchev–Trinajstić information content (AvgIpc) is 2.82. The molecule has 208 valence electrons. The van der Waals surface area contributed by atoms with E-state index >= 15 is 0 Å². The van der Waals surface area contributed by atoms with E-state index in [-0.39, 0.29) is 29.7 Å². The number of piperidine rings is 1. The number of anilines is 2. The molecule has 1 aromatic carbocycles. The molecule has 0 radical (unpaired) electrons. The van der Waals surface area contributed by atoms with Crippen molar-refractivity contribution in [1.82, 2.24) is 10.3 Å². The standard InChI is InChI=1S/C24H28F4N4O5S/c1-14(16-4-6-20(19(25)12-16)31-38(3,35)36)23(34)29-13-17-5-7-21(24(26,27)28)30-22(17)32-10-8-18(9-11-32)37-15(2)33/h4-7,12,14,18,31H,8-11,13H2,1-3H3,(H,29,34). The lowest BCUT2D eigenvalue weighted by atomic mass is 9.99. The molecular weight excluding hydrogens is 532 g/mol. The van der Waals surface area contributed by atoms with Gasteiger partial charge in [-0.05, 0) is 30.7 Å². The summed E-state index contributed by atoms with van der Waals surface area (Å²) in [6.45, 7) is 3.27. The van der Waals surface area contributed by atoms with Crippen molar-refractivity contribution in [3.05, 3.63) is 53.0 Å². The van der Waals surface area contributed by atoms with E-state index < -0.39 is 45.5 Å². The number of ether oxygens (including phenoxy) is 1. The number of carbonyl (C=O) groups is 2. The monoisotopic (exact) mass is 560 g/mol. The Kier molecular flexibility index (Phi) is 8.85. The molecule has 38 heavy (non-hydrogen) atoms. The van der Waals surface area contributed by atoms with Crippen molar-refractivity contribution in [2.45, 2.75) is 51.4 Å². The third kappa shape index (κ3) is 7.79. The van der Waals surface area contributed by atoms with Gasteiger partial charge in [-0.25, -0.2) is 17.8 Å². The molecule has 1 saturated heterocycles. The third-order valence-corrected chi connectivity index (χ3v) is 6.55. The highest BCUT2D eigenvalue weighted by atomic mass is 32.2. The summed E-state index contributed by atoms with van der Waals surface area (Å²) < 4.78 is 84.3. The second kappa shape index (κ2) is 11.5. The minimum Gasteiger partial charge on any atom is -0.462 e. The van der Waals surface area contributed by atoms with Crippen LogP contribution >= 0.6 is 0 Å². The summed E-state index contributed by atoms with van der Waals surface area (Å²) in [5.74, 6) is -2.59. The Labute approximate surface area is 217 Å². The first-order valence-electron chi connectivity index (χ1n) is 11.7. The van der Waals surface area contributed by atoms with Crippen molar-refractivity contribution in [3.8, 4) is 0 Å². The number of esters is 1. The molecule has 3 rings (SSSR count). The fourth-order valence-corrected chi connectivity index (χ4v) is 4.60. The second-order valence-electron chi connectivity index (χ2n) is 9.03. The fourth-order valence-electron chi connectivity index (χ4n) is 4.04. The average molecular weight is 561 g/mol. The van der Waals surface area contributed by atoms with Crippen LogP contribution in [0.2, 0.25) is 0 Å². The molecule has 0 bridgehead atoms. The summed E-state index contributed by atoms with van der Waals surface area (Å²) in [6, 6.07) is 5.73. The molecule has 0 aliphatic carbocycles. The zero-order chi connectivity index (χ0) is 28.3. The van der Waals surface area contributed by atoms with Crippen molar-refractivity contribution in [3.63, 3.8) is 0 Å². The number of sulfonamides is 1. The highest BCUT2D eigenvalue weighted by Crippen LogP contribution is 2.32. The lowest BCUT2D eigenvalue weighted by molar-refractivity contribution is -0.147. The minimum absolute atomic E-state index is 0.0660. The molecular formula is C24H28F4N4O5S. The van der Waals surface area contributed by atoms with Gasteiger partial charge in [0.15, 0.2) is 0 Å². The van der Waals surface area contributed by atoms with E-state index in [1.54, 1.807) is 4.90 Å². The highest BCUT2D eigenvalue weighted by Gasteiger charge is 2.34. The number of hydrogen-bond acceptors (Lipinski definition) is 7. The zero-order valence-corrected chi connectivity index (χ0v) is 21.7. The second-order valence-corrected chi connectivity index (χ2v) is 10.8. The molecule has 0 saturated carbocycles. The van der Waals surface area contributed by atoms with Crippen molar-refractivity contribution in [2.75, 3.05) is 29.0 Å². The van der Waals surface area contributed by atoms with Crippen molar-refractivity contribution in [2.24, 2.45) is 0 Å². The molecule has 2 aromatic rings. The first-order valence-corrected chi connectivity index (χ1v) is 13.6. The van der Waals surface area contributed by atoms with Crippen LogP contribution in [-0.4, -0.2) is 50.7 Å². The number of nitrogens with one attached hydrogen (secondary N) is 2. The Morgan fingerprint density at radius 3 is 2.39 bits per heavy atom. The number of benzene rings is 1. The maximum atomic E-state index is 14.4. The molecule has 1 aliphatic rings. The van der Waals surface area contributed by atoms with E-state index in [1.807, 2.05) is 4.72 Å². The Bertz CT molecular complexity index is 1300. The summed E-state index contributed by atoms with van der Waals surface area (Å²) in [6.07, 6.45) is -3.30. The van der Waals surface area contributed by atoms with Crippen molar-refractivity contribution < 1.29 is 40.3 Å². The molecule has 9 nitrogen and oxygen atoms in total. The van der Waals surface area contributed by atoms with Crippen LogP contribution in [0.1, 0.15) is 49.4 Å². The molecule has 1 aromatic heterocycles. The molecule has 1 atom stereocenters. The number of carbonyl (C=O) groups excluding carboxylic acids is 2. The predicted molar refractivity (Wildman–Crippen MR) is 131 cm³/mol. The van der Waals surface area contributed by atoms with Crippen LogP contribution in [-0.2, 0) is 37.1 Å². The van der Waals surface area contributed by atoms with Gasteiger partial charge in [-0.1, -0.05) is 12.1 Å². The van der Waals surface area contributed by atoms with Crippen LogP contribution in [0.15, 0.2) is 30.3 Å². The number of pyridine rings is 1. The number of alkyl halides is 3. The van der Waals surface area contributed by atoms with Gasteiger partial charge in [0.1, 0.15) is 23.4 Å². The van der Waals surface area contributed by atoms with Gasteiger partial charge < -0.3 is 15.0 Å². The van der Waals surface area contributed by atoms with Crippen LogP contribution in [0.25, 0.3) is 0 Å². The number of nitrogens with zero attached hydrogens (tertiary/aromatic N) is 2. The van der Waals surface area contributed by atoms with Gasteiger partial charge >= 0.3 is 12.1 Å². The number of rotatable bonds is 8. The molecule has 1 fully saturated rings.